The van der Waals surface area contributed by atoms with E-state index in [1.807, 2.05) is 19.9 Å². The monoisotopic (exact) mass is 411 g/mol. The van der Waals surface area contributed by atoms with Crippen molar-refractivity contribution in [3.8, 4) is 17.1 Å². The number of benzene rings is 2. The van der Waals surface area contributed by atoms with E-state index in [1.54, 1.807) is 48.5 Å². The summed E-state index contributed by atoms with van der Waals surface area (Å²) in [4.78, 5) is 0.234. The zero-order chi connectivity index (χ0) is 21.0. The van der Waals surface area contributed by atoms with Crippen LogP contribution in [0, 0.1) is 19.8 Å². The molecule has 0 aliphatic carbocycles. The first-order valence-electron chi connectivity index (χ1n) is 9.41. The van der Waals surface area contributed by atoms with Crippen LogP contribution in [0.15, 0.2) is 59.5 Å². The van der Waals surface area contributed by atoms with E-state index < -0.39 is 10.0 Å². The van der Waals surface area contributed by atoms with Crippen LogP contribution in [-0.2, 0) is 10.0 Å². The normalized spacial score (nSPS) is 11.5. The molecule has 7 heteroatoms. The largest absolute Gasteiger partial charge is 0.476 e. The van der Waals surface area contributed by atoms with Crippen LogP contribution in [0.3, 0.4) is 0 Å². The van der Waals surface area contributed by atoms with Crippen molar-refractivity contribution >= 4 is 15.7 Å². The Morgan fingerprint density at radius 1 is 0.966 bits per heavy atom. The molecule has 0 atom stereocenters. The fourth-order valence-electron chi connectivity index (χ4n) is 2.64. The molecule has 0 unspecified atom stereocenters. The molecule has 0 saturated heterocycles. The van der Waals surface area contributed by atoms with Gasteiger partial charge in [0.1, 0.15) is 0 Å². The first-order valence-corrected chi connectivity index (χ1v) is 10.9. The van der Waals surface area contributed by atoms with Crippen molar-refractivity contribution in [3.63, 3.8) is 0 Å². The predicted octanol–water partition coefficient (Wildman–Crippen LogP) is 4.60. The van der Waals surface area contributed by atoms with E-state index in [0.29, 0.717) is 29.8 Å². The maximum Gasteiger partial charge on any atom is 0.261 e. The second kappa shape index (κ2) is 8.61. The Kier molecular flexibility index (Phi) is 6.17. The van der Waals surface area contributed by atoms with Crippen LogP contribution >= 0.6 is 0 Å². The van der Waals surface area contributed by atoms with E-state index in [9.17, 15) is 8.42 Å². The summed E-state index contributed by atoms with van der Waals surface area (Å²) in [5.41, 5.74) is 3.83. The molecule has 1 N–H and O–H groups in total. The van der Waals surface area contributed by atoms with Crippen molar-refractivity contribution in [2.45, 2.75) is 32.6 Å². The van der Waals surface area contributed by atoms with Crippen molar-refractivity contribution < 1.29 is 13.2 Å². The average Bonchev–Trinajstić information content (AvgIpc) is 2.68. The molecule has 0 aliphatic heterocycles. The van der Waals surface area contributed by atoms with Crippen LogP contribution in [-0.4, -0.2) is 25.2 Å². The molecule has 29 heavy (non-hydrogen) atoms. The van der Waals surface area contributed by atoms with Crippen molar-refractivity contribution in [1.29, 1.82) is 0 Å². The summed E-state index contributed by atoms with van der Waals surface area (Å²) in [5.74, 6) is 0.868. The molecule has 152 valence electrons. The molecular weight excluding hydrogens is 386 g/mol. The Morgan fingerprint density at radius 2 is 1.76 bits per heavy atom. The van der Waals surface area contributed by atoms with Gasteiger partial charge in [-0.1, -0.05) is 32.0 Å². The first-order chi connectivity index (χ1) is 13.7. The van der Waals surface area contributed by atoms with E-state index in [4.69, 9.17) is 4.74 Å². The zero-order valence-corrected chi connectivity index (χ0v) is 17.8. The van der Waals surface area contributed by atoms with E-state index in [-0.39, 0.29) is 4.90 Å². The fourth-order valence-corrected chi connectivity index (χ4v) is 3.77. The van der Waals surface area contributed by atoms with Gasteiger partial charge < -0.3 is 4.74 Å². The number of sulfonamides is 1. The third-order valence-electron chi connectivity index (χ3n) is 4.40. The van der Waals surface area contributed by atoms with Crippen molar-refractivity contribution in [2.24, 2.45) is 5.92 Å². The highest BCUT2D eigenvalue weighted by Gasteiger charge is 2.15. The summed E-state index contributed by atoms with van der Waals surface area (Å²) in [6, 6.07) is 15.7. The van der Waals surface area contributed by atoms with E-state index in [0.717, 1.165) is 16.7 Å². The third kappa shape index (κ3) is 5.32. The number of anilines is 1. The molecule has 0 bridgehead atoms. The van der Waals surface area contributed by atoms with Crippen LogP contribution in [0.5, 0.6) is 5.88 Å². The molecule has 0 fully saturated rings. The standard InChI is InChI=1S/C22H25N3O3S/c1-15(2)14-28-22-11-10-21(23-24-22)18-6-5-7-19(13-18)25-29(26,27)20-9-8-16(3)17(4)12-20/h5-13,15,25H,14H2,1-4H3. The second-order valence-corrected chi connectivity index (χ2v) is 9.08. The Balaban J connectivity index is 1.79. The van der Waals surface area contributed by atoms with E-state index >= 15 is 0 Å². The summed E-state index contributed by atoms with van der Waals surface area (Å²) in [6.45, 7) is 8.54. The van der Waals surface area contributed by atoms with Gasteiger partial charge in [0.05, 0.1) is 17.2 Å². The lowest BCUT2D eigenvalue weighted by molar-refractivity contribution is 0.258. The topological polar surface area (TPSA) is 81.2 Å². The Labute approximate surface area is 172 Å². The van der Waals surface area contributed by atoms with Gasteiger partial charge in [0.15, 0.2) is 0 Å². The van der Waals surface area contributed by atoms with Gasteiger partial charge in [-0.3, -0.25) is 4.72 Å². The van der Waals surface area contributed by atoms with Crippen LogP contribution < -0.4 is 9.46 Å². The zero-order valence-electron chi connectivity index (χ0n) is 17.0. The second-order valence-electron chi connectivity index (χ2n) is 7.39. The molecule has 0 amide bonds. The highest BCUT2D eigenvalue weighted by atomic mass is 32.2. The Bertz CT molecular complexity index is 1090. The van der Waals surface area contributed by atoms with E-state index in [1.165, 1.54) is 0 Å². The minimum absolute atomic E-state index is 0.234. The van der Waals surface area contributed by atoms with Crippen molar-refractivity contribution in [3.05, 3.63) is 65.7 Å². The molecule has 2 aromatic carbocycles. The number of nitrogens with zero attached hydrogens (tertiary/aromatic N) is 2. The lowest BCUT2D eigenvalue weighted by Crippen LogP contribution is -2.13. The minimum Gasteiger partial charge on any atom is -0.476 e. The van der Waals surface area contributed by atoms with Crippen molar-refractivity contribution in [2.75, 3.05) is 11.3 Å². The third-order valence-corrected chi connectivity index (χ3v) is 5.78. The lowest BCUT2D eigenvalue weighted by atomic mass is 10.1. The van der Waals surface area contributed by atoms with Crippen LogP contribution in [0.4, 0.5) is 5.69 Å². The summed E-state index contributed by atoms with van der Waals surface area (Å²) in [5, 5.41) is 8.28. The Hall–Kier alpha value is -2.93. The molecule has 3 rings (SSSR count). The molecule has 0 saturated carbocycles. The number of hydrogen-bond donors (Lipinski definition) is 1. The number of hydrogen-bond acceptors (Lipinski definition) is 5. The number of ether oxygens (including phenoxy) is 1. The summed E-state index contributed by atoms with van der Waals surface area (Å²) in [6.07, 6.45) is 0. The van der Waals surface area contributed by atoms with Crippen LogP contribution in [0.2, 0.25) is 0 Å². The first kappa shape index (κ1) is 20.8. The predicted molar refractivity (Wildman–Crippen MR) is 115 cm³/mol. The summed E-state index contributed by atoms with van der Waals surface area (Å²) in [7, 11) is -3.68. The average molecular weight is 412 g/mol. The highest BCUT2D eigenvalue weighted by molar-refractivity contribution is 7.92. The van der Waals surface area contributed by atoms with Crippen LogP contribution in [0.1, 0.15) is 25.0 Å². The quantitative estimate of drug-likeness (QED) is 0.615. The van der Waals surface area contributed by atoms with Gasteiger partial charge in [0, 0.05) is 17.3 Å². The number of aromatic nitrogens is 2. The number of nitrogens with one attached hydrogen (secondary N) is 1. The molecule has 6 nitrogen and oxygen atoms in total. The van der Waals surface area contributed by atoms with Crippen molar-refractivity contribution in [1.82, 2.24) is 10.2 Å². The molecule has 0 aliphatic rings. The van der Waals surface area contributed by atoms with Gasteiger partial charge in [0.2, 0.25) is 5.88 Å². The lowest BCUT2D eigenvalue weighted by Gasteiger charge is -2.11. The number of rotatable bonds is 7. The molecular formula is C22H25N3O3S. The highest BCUT2D eigenvalue weighted by Crippen LogP contribution is 2.24. The number of aryl methyl sites for hydroxylation is 2. The van der Waals surface area contributed by atoms with Gasteiger partial charge in [-0.2, -0.15) is 0 Å². The van der Waals surface area contributed by atoms with Crippen LogP contribution in [0.25, 0.3) is 11.3 Å². The van der Waals surface area contributed by atoms with Gasteiger partial charge in [-0.25, -0.2) is 8.42 Å². The van der Waals surface area contributed by atoms with E-state index in [2.05, 4.69) is 28.8 Å². The maximum absolute atomic E-state index is 12.7. The smallest absolute Gasteiger partial charge is 0.261 e. The van der Waals surface area contributed by atoms with Gasteiger partial charge in [0.25, 0.3) is 10.0 Å². The molecule has 3 aromatic rings. The molecule has 0 radical (unpaired) electrons. The SMILES string of the molecule is Cc1ccc(S(=O)(=O)Nc2cccc(-c3ccc(OCC(C)C)nn3)c2)cc1C. The molecule has 0 spiro atoms. The van der Waals surface area contributed by atoms with Gasteiger partial charge >= 0.3 is 0 Å². The molecule has 1 aromatic heterocycles. The Morgan fingerprint density at radius 3 is 2.41 bits per heavy atom. The maximum atomic E-state index is 12.7. The summed E-state index contributed by atoms with van der Waals surface area (Å²) < 4.78 is 33.6. The molecule has 1 heterocycles. The summed E-state index contributed by atoms with van der Waals surface area (Å²) >= 11 is 0. The van der Waals surface area contributed by atoms with Gasteiger partial charge in [-0.15, -0.1) is 10.2 Å². The minimum atomic E-state index is -3.68. The van der Waals surface area contributed by atoms with Gasteiger partial charge in [-0.05, 0) is 61.2 Å². The fraction of sp³-hybridized carbons (Fsp3) is 0.273.